The predicted octanol–water partition coefficient (Wildman–Crippen LogP) is 2.89. The molecular weight excluding hydrogens is 257 g/mol. The quantitative estimate of drug-likeness (QED) is 0.900. The first-order chi connectivity index (χ1) is 9.65. The average molecular weight is 273 g/mol. The third-order valence-electron chi connectivity index (χ3n) is 2.77. The summed E-state index contributed by atoms with van der Waals surface area (Å²) in [6, 6.07) is 11.6. The SMILES string of the molecule is Cc1cccc(NC(=O)NCCc2ccccc2F)n1. The van der Waals surface area contributed by atoms with E-state index in [0.29, 0.717) is 24.3 Å². The Balaban J connectivity index is 1.80. The molecule has 0 aliphatic heterocycles. The molecule has 104 valence electrons. The van der Waals surface area contributed by atoms with Gasteiger partial charge >= 0.3 is 6.03 Å². The summed E-state index contributed by atoms with van der Waals surface area (Å²) in [6.07, 6.45) is 0.446. The van der Waals surface area contributed by atoms with Gasteiger partial charge in [0.25, 0.3) is 0 Å². The lowest BCUT2D eigenvalue weighted by Gasteiger charge is -2.08. The average Bonchev–Trinajstić information content (AvgIpc) is 2.41. The number of halogens is 1. The Labute approximate surface area is 117 Å². The van der Waals surface area contributed by atoms with E-state index in [1.54, 1.807) is 24.3 Å². The molecule has 0 unspecified atom stereocenters. The lowest BCUT2D eigenvalue weighted by molar-refractivity contribution is 0.252. The molecule has 1 aromatic heterocycles. The van der Waals surface area contributed by atoms with Crippen LogP contribution >= 0.6 is 0 Å². The first-order valence-electron chi connectivity index (χ1n) is 6.37. The number of amides is 2. The summed E-state index contributed by atoms with van der Waals surface area (Å²) in [4.78, 5) is 15.8. The smallest absolute Gasteiger partial charge is 0.320 e. The third-order valence-corrected chi connectivity index (χ3v) is 2.77. The van der Waals surface area contributed by atoms with E-state index >= 15 is 0 Å². The molecule has 0 fully saturated rings. The van der Waals surface area contributed by atoms with Crippen LogP contribution in [0.2, 0.25) is 0 Å². The van der Waals surface area contributed by atoms with Crippen LogP contribution < -0.4 is 10.6 Å². The first-order valence-corrected chi connectivity index (χ1v) is 6.37. The van der Waals surface area contributed by atoms with E-state index in [-0.39, 0.29) is 11.8 Å². The minimum atomic E-state index is -0.348. The Bertz CT molecular complexity index is 601. The van der Waals surface area contributed by atoms with E-state index in [9.17, 15) is 9.18 Å². The van der Waals surface area contributed by atoms with Crippen molar-refractivity contribution in [3.8, 4) is 0 Å². The van der Waals surface area contributed by atoms with Crippen LogP contribution in [-0.2, 0) is 6.42 Å². The second-order valence-corrected chi connectivity index (χ2v) is 4.39. The van der Waals surface area contributed by atoms with Gasteiger partial charge in [-0.25, -0.2) is 14.2 Å². The van der Waals surface area contributed by atoms with Crippen molar-refractivity contribution in [1.82, 2.24) is 10.3 Å². The van der Waals surface area contributed by atoms with Crippen molar-refractivity contribution in [1.29, 1.82) is 0 Å². The molecule has 5 heteroatoms. The molecule has 2 N–H and O–H groups in total. The fourth-order valence-corrected chi connectivity index (χ4v) is 1.79. The molecule has 20 heavy (non-hydrogen) atoms. The van der Waals surface area contributed by atoms with Gasteiger partial charge in [0.2, 0.25) is 0 Å². The van der Waals surface area contributed by atoms with Crippen molar-refractivity contribution in [2.24, 2.45) is 0 Å². The number of aryl methyl sites for hydroxylation is 1. The molecule has 0 spiro atoms. The maximum absolute atomic E-state index is 13.4. The summed E-state index contributed by atoms with van der Waals surface area (Å²) < 4.78 is 13.4. The number of carbonyl (C=O) groups excluding carboxylic acids is 1. The van der Waals surface area contributed by atoms with Gasteiger partial charge in [-0.05, 0) is 37.1 Å². The van der Waals surface area contributed by atoms with Crippen LogP contribution in [0, 0.1) is 12.7 Å². The van der Waals surface area contributed by atoms with Crippen molar-refractivity contribution in [2.75, 3.05) is 11.9 Å². The summed E-state index contributed by atoms with van der Waals surface area (Å²) in [5, 5.41) is 5.30. The van der Waals surface area contributed by atoms with E-state index in [2.05, 4.69) is 15.6 Å². The van der Waals surface area contributed by atoms with Gasteiger partial charge in [0.05, 0.1) is 0 Å². The van der Waals surface area contributed by atoms with Crippen molar-refractivity contribution in [2.45, 2.75) is 13.3 Å². The van der Waals surface area contributed by atoms with Crippen LogP contribution in [0.5, 0.6) is 0 Å². The highest BCUT2D eigenvalue weighted by Gasteiger charge is 2.04. The molecule has 0 aliphatic rings. The summed E-state index contributed by atoms with van der Waals surface area (Å²) >= 11 is 0. The highest BCUT2D eigenvalue weighted by Crippen LogP contribution is 2.06. The monoisotopic (exact) mass is 273 g/mol. The number of nitrogens with one attached hydrogen (secondary N) is 2. The number of benzene rings is 1. The van der Waals surface area contributed by atoms with E-state index in [1.807, 2.05) is 19.1 Å². The predicted molar refractivity (Wildman–Crippen MR) is 76.1 cm³/mol. The molecule has 4 nitrogen and oxygen atoms in total. The molecule has 2 amide bonds. The molecule has 2 rings (SSSR count). The van der Waals surface area contributed by atoms with Gasteiger partial charge in [-0.3, -0.25) is 5.32 Å². The summed E-state index contributed by atoms with van der Waals surface area (Å²) in [5.41, 5.74) is 1.41. The lowest BCUT2D eigenvalue weighted by Crippen LogP contribution is -2.30. The molecule has 2 aromatic rings. The zero-order chi connectivity index (χ0) is 14.4. The van der Waals surface area contributed by atoms with Crippen LogP contribution in [0.15, 0.2) is 42.5 Å². The van der Waals surface area contributed by atoms with E-state index in [4.69, 9.17) is 0 Å². The fourth-order valence-electron chi connectivity index (χ4n) is 1.79. The van der Waals surface area contributed by atoms with Gasteiger partial charge < -0.3 is 5.32 Å². The Kier molecular flexibility index (Phi) is 4.65. The van der Waals surface area contributed by atoms with Crippen LogP contribution in [0.25, 0.3) is 0 Å². The summed E-state index contributed by atoms with van der Waals surface area (Å²) in [7, 11) is 0. The second-order valence-electron chi connectivity index (χ2n) is 4.39. The van der Waals surface area contributed by atoms with Crippen molar-refractivity contribution in [3.05, 3.63) is 59.5 Å². The maximum atomic E-state index is 13.4. The molecule has 1 aromatic carbocycles. The number of anilines is 1. The van der Waals surface area contributed by atoms with E-state index in [0.717, 1.165) is 5.69 Å². The Morgan fingerprint density at radius 3 is 2.75 bits per heavy atom. The van der Waals surface area contributed by atoms with Crippen LogP contribution in [0.3, 0.4) is 0 Å². The fraction of sp³-hybridized carbons (Fsp3) is 0.200. The molecule has 0 radical (unpaired) electrons. The minimum absolute atomic E-state index is 0.255. The number of urea groups is 1. The Hall–Kier alpha value is -2.43. The Morgan fingerprint density at radius 2 is 2.00 bits per heavy atom. The topological polar surface area (TPSA) is 54.0 Å². The normalized spacial score (nSPS) is 10.1. The minimum Gasteiger partial charge on any atom is -0.337 e. The molecule has 0 saturated heterocycles. The number of hydrogen-bond acceptors (Lipinski definition) is 2. The standard InChI is InChI=1S/C15H16FN3O/c1-11-5-4-8-14(18-11)19-15(20)17-10-9-12-6-2-3-7-13(12)16/h2-8H,9-10H2,1H3,(H2,17,18,19,20). The Morgan fingerprint density at radius 1 is 1.20 bits per heavy atom. The first kappa shape index (κ1) is 14.0. The number of rotatable bonds is 4. The van der Waals surface area contributed by atoms with Gasteiger partial charge in [-0.2, -0.15) is 0 Å². The zero-order valence-electron chi connectivity index (χ0n) is 11.2. The lowest BCUT2D eigenvalue weighted by atomic mass is 10.1. The van der Waals surface area contributed by atoms with Crippen LogP contribution in [0.4, 0.5) is 15.0 Å². The van der Waals surface area contributed by atoms with E-state index in [1.165, 1.54) is 6.07 Å². The third kappa shape index (κ3) is 4.05. The molecule has 0 aliphatic carbocycles. The molecule has 0 saturated carbocycles. The van der Waals surface area contributed by atoms with Crippen LogP contribution in [0.1, 0.15) is 11.3 Å². The van der Waals surface area contributed by atoms with Gasteiger partial charge in [0.15, 0.2) is 0 Å². The van der Waals surface area contributed by atoms with E-state index < -0.39 is 0 Å². The number of carbonyl (C=O) groups is 1. The van der Waals surface area contributed by atoms with Gasteiger partial charge in [0, 0.05) is 12.2 Å². The molecular formula is C15H16FN3O. The van der Waals surface area contributed by atoms with Gasteiger partial charge in [0.1, 0.15) is 11.6 Å². The van der Waals surface area contributed by atoms with Crippen molar-refractivity contribution >= 4 is 11.8 Å². The maximum Gasteiger partial charge on any atom is 0.320 e. The van der Waals surface area contributed by atoms with Crippen molar-refractivity contribution < 1.29 is 9.18 Å². The van der Waals surface area contributed by atoms with Gasteiger partial charge in [-0.1, -0.05) is 24.3 Å². The number of aromatic nitrogens is 1. The summed E-state index contributed by atoms with van der Waals surface area (Å²) in [5.74, 6) is 0.239. The number of hydrogen-bond donors (Lipinski definition) is 2. The highest BCUT2D eigenvalue weighted by molar-refractivity contribution is 5.88. The summed E-state index contributed by atoms with van der Waals surface area (Å²) in [6.45, 7) is 2.21. The van der Waals surface area contributed by atoms with Crippen LogP contribution in [-0.4, -0.2) is 17.6 Å². The largest absolute Gasteiger partial charge is 0.337 e. The number of pyridine rings is 1. The van der Waals surface area contributed by atoms with Gasteiger partial charge in [-0.15, -0.1) is 0 Å². The second kappa shape index (κ2) is 6.65. The molecule has 1 heterocycles. The zero-order valence-corrected chi connectivity index (χ0v) is 11.2. The van der Waals surface area contributed by atoms with Crippen molar-refractivity contribution in [3.63, 3.8) is 0 Å². The molecule has 0 bridgehead atoms. The molecule has 0 atom stereocenters. The number of nitrogens with zero attached hydrogens (tertiary/aromatic N) is 1. The highest BCUT2D eigenvalue weighted by atomic mass is 19.1.